The quantitative estimate of drug-likeness (QED) is 0.548. The molecule has 2 nitrogen and oxygen atoms in total. The predicted molar refractivity (Wildman–Crippen MR) is 71.8 cm³/mol. The Balaban J connectivity index is 3.53. The fourth-order valence-corrected chi connectivity index (χ4v) is 2.16. The molecule has 0 aliphatic rings. The summed E-state index contributed by atoms with van der Waals surface area (Å²) >= 11 is 0. The largest absolute Gasteiger partial charge is 0.383 e. The van der Waals surface area contributed by atoms with Crippen LogP contribution in [-0.4, -0.2) is 26.8 Å². The first kappa shape index (κ1) is 15.9. The highest BCUT2D eigenvalue weighted by atomic mass is 16.5. The Morgan fingerprint density at radius 1 is 1.25 bits per heavy atom. The molecule has 0 saturated heterocycles. The van der Waals surface area contributed by atoms with Crippen molar-refractivity contribution < 1.29 is 4.74 Å². The van der Waals surface area contributed by atoms with Gasteiger partial charge in [-0.05, 0) is 24.8 Å². The Kier molecular flexibility index (Phi) is 11.3. The molecule has 2 unspecified atom stereocenters. The summed E-state index contributed by atoms with van der Waals surface area (Å²) in [7, 11) is 1.75. The molecule has 0 bridgehead atoms. The molecule has 0 aliphatic carbocycles. The van der Waals surface area contributed by atoms with Crippen molar-refractivity contribution in [2.45, 2.75) is 52.9 Å². The monoisotopic (exact) mass is 229 g/mol. The molecule has 16 heavy (non-hydrogen) atoms. The van der Waals surface area contributed by atoms with Crippen molar-refractivity contribution in [1.82, 2.24) is 5.32 Å². The number of ether oxygens (including phenoxy) is 1. The van der Waals surface area contributed by atoms with Gasteiger partial charge in [0.1, 0.15) is 0 Å². The van der Waals surface area contributed by atoms with E-state index in [9.17, 15) is 0 Å². The highest BCUT2D eigenvalue weighted by Gasteiger charge is 2.10. The summed E-state index contributed by atoms with van der Waals surface area (Å²) in [6, 6.07) is 0. The molecular formula is C14H31NO. The lowest BCUT2D eigenvalue weighted by Gasteiger charge is -2.19. The minimum atomic E-state index is 0.790. The fourth-order valence-electron chi connectivity index (χ4n) is 2.16. The van der Waals surface area contributed by atoms with E-state index < -0.39 is 0 Å². The topological polar surface area (TPSA) is 21.3 Å². The molecule has 2 heteroatoms. The molecule has 0 aliphatic heterocycles. The predicted octanol–water partition coefficient (Wildman–Crippen LogP) is 3.47. The van der Waals surface area contributed by atoms with Gasteiger partial charge in [0, 0.05) is 13.7 Å². The lowest BCUT2D eigenvalue weighted by molar-refractivity contribution is 0.197. The van der Waals surface area contributed by atoms with Crippen molar-refractivity contribution >= 4 is 0 Å². The van der Waals surface area contributed by atoms with E-state index in [2.05, 4.69) is 26.1 Å². The van der Waals surface area contributed by atoms with Gasteiger partial charge in [0.25, 0.3) is 0 Å². The van der Waals surface area contributed by atoms with E-state index in [0.717, 1.165) is 31.5 Å². The Bertz CT molecular complexity index is 139. The van der Waals surface area contributed by atoms with E-state index >= 15 is 0 Å². The second-order valence-corrected chi connectivity index (χ2v) is 4.95. The summed E-state index contributed by atoms with van der Waals surface area (Å²) < 4.78 is 5.02. The average Bonchev–Trinajstić information content (AvgIpc) is 2.30. The van der Waals surface area contributed by atoms with Crippen molar-refractivity contribution in [3.05, 3.63) is 0 Å². The van der Waals surface area contributed by atoms with Crippen LogP contribution in [-0.2, 0) is 4.74 Å². The smallest absolute Gasteiger partial charge is 0.0587 e. The van der Waals surface area contributed by atoms with Gasteiger partial charge in [0.2, 0.25) is 0 Å². The fraction of sp³-hybridized carbons (Fsp3) is 1.00. The van der Waals surface area contributed by atoms with Crippen molar-refractivity contribution in [3.63, 3.8) is 0 Å². The van der Waals surface area contributed by atoms with Gasteiger partial charge >= 0.3 is 0 Å². The van der Waals surface area contributed by atoms with Crippen molar-refractivity contribution in [3.8, 4) is 0 Å². The summed E-state index contributed by atoms with van der Waals surface area (Å²) in [6.07, 6.45) is 6.84. The van der Waals surface area contributed by atoms with Crippen LogP contribution < -0.4 is 5.32 Å². The van der Waals surface area contributed by atoms with Gasteiger partial charge in [0.05, 0.1) is 6.61 Å². The summed E-state index contributed by atoms with van der Waals surface area (Å²) in [5, 5.41) is 3.45. The minimum Gasteiger partial charge on any atom is -0.383 e. The first-order chi connectivity index (χ1) is 7.74. The Hall–Kier alpha value is -0.0800. The number of unbranched alkanes of at least 4 members (excludes halogenated alkanes) is 1. The van der Waals surface area contributed by atoms with E-state index in [4.69, 9.17) is 4.74 Å². The maximum atomic E-state index is 5.02. The van der Waals surface area contributed by atoms with Gasteiger partial charge in [-0.25, -0.2) is 0 Å². The summed E-state index contributed by atoms with van der Waals surface area (Å²) in [5.41, 5.74) is 0. The van der Waals surface area contributed by atoms with Crippen LogP contribution in [0, 0.1) is 11.8 Å². The molecule has 2 atom stereocenters. The third-order valence-electron chi connectivity index (χ3n) is 3.25. The molecule has 1 N–H and O–H groups in total. The molecule has 0 spiro atoms. The average molecular weight is 229 g/mol. The van der Waals surface area contributed by atoms with Crippen LogP contribution in [0.1, 0.15) is 52.9 Å². The molecule has 0 aromatic carbocycles. The normalized spacial score (nSPS) is 15.0. The zero-order valence-corrected chi connectivity index (χ0v) is 11.7. The van der Waals surface area contributed by atoms with Crippen LogP contribution in [0.4, 0.5) is 0 Å². The first-order valence-electron chi connectivity index (χ1n) is 6.94. The van der Waals surface area contributed by atoms with Crippen LogP contribution in [0.15, 0.2) is 0 Å². The summed E-state index contributed by atoms with van der Waals surface area (Å²) in [4.78, 5) is 0. The van der Waals surface area contributed by atoms with Gasteiger partial charge in [-0.3, -0.25) is 0 Å². The number of hydrogen-bond donors (Lipinski definition) is 1. The van der Waals surface area contributed by atoms with Crippen LogP contribution in [0.5, 0.6) is 0 Å². The third-order valence-corrected chi connectivity index (χ3v) is 3.25. The second-order valence-electron chi connectivity index (χ2n) is 4.95. The third kappa shape index (κ3) is 9.17. The first-order valence-corrected chi connectivity index (χ1v) is 6.94. The van der Waals surface area contributed by atoms with E-state index in [0.29, 0.717) is 0 Å². The highest BCUT2D eigenvalue weighted by Crippen LogP contribution is 2.20. The van der Waals surface area contributed by atoms with E-state index in [1.165, 1.54) is 32.1 Å². The van der Waals surface area contributed by atoms with Gasteiger partial charge in [0.15, 0.2) is 0 Å². The van der Waals surface area contributed by atoms with E-state index in [1.54, 1.807) is 7.11 Å². The Morgan fingerprint density at radius 3 is 2.56 bits per heavy atom. The van der Waals surface area contributed by atoms with E-state index in [1.807, 2.05) is 0 Å². The SMILES string of the molecule is CCCCC(CC)CC(C)CNCCOC. The molecular weight excluding hydrogens is 198 g/mol. The lowest BCUT2D eigenvalue weighted by atomic mass is 9.89. The summed E-state index contributed by atoms with van der Waals surface area (Å²) in [5.74, 6) is 1.72. The molecule has 0 amide bonds. The van der Waals surface area contributed by atoms with Gasteiger partial charge in [-0.1, -0.05) is 46.5 Å². The molecule has 0 fully saturated rings. The number of methoxy groups -OCH3 is 1. The maximum Gasteiger partial charge on any atom is 0.0587 e. The maximum absolute atomic E-state index is 5.02. The van der Waals surface area contributed by atoms with Crippen LogP contribution in [0.3, 0.4) is 0 Å². The van der Waals surface area contributed by atoms with Crippen molar-refractivity contribution in [1.29, 1.82) is 0 Å². The standard InChI is InChI=1S/C14H31NO/c1-5-7-8-14(6-2)11-13(3)12-15-9-10-16-4/h13-15H,5-12H2,1-4H3. The molecule has 0 saturated carbocycles. The molecule has 0 aromatic heterocycles. The Morgan fingerprint density at radius 2 is 2.00 bits per heavy atom. The molecule has 0 radical (unpaired) electrons. The second kappa shape index (κ2) is 11.4. The zero-order chi connectivity index (χ0) is 12.2. The molecule has 98 valence electrons. The molecule has 0 heterocycles. The van der Waals surface area contributed by atoms with Crippen molar-refractivity contribution in [2.75, 3.05) is 26.8 Å². The van der Waals surface area contributed by atoms with Crippen molar-refractivity contribution in [2.24, 2.45) is 11.8 Å². The summed E-state index contributed by atoms with van der Waals surface area (Å²) in [6.45, 7) is 9.89. The number of rotatable bonds is 11. The minimum absolute atomic E-state index is 0.790. The van der Waals surface area contributed by atoms with Gasteiger partial charge in [-0.15, -0.1) is 0 Å². The highest BCUT2D eigenvalue weighted by molar-refractivity contribution is 4.64. The van der Waals surface area contributed by atoms with Crippen LogP contribution in [0.25, 0.3) is 0 Å². The molecule has 0 rings (SSSR count). The van der Waals surface area contributed by atoms with Crippen LogP contribution >= 0.6 is 0 Å². The van der Waals surface area contributed by atoms with Gasteiger partial charge in [-0.2, -0.15) is 0 Å². The zero-order valence-electron chi connectivity index (χ0n) is 11.7. The lowest BCUT2D eigenvalue weighted by Crippen LogP contribution is -2.26. The number of nitrogens with one attached hydrogen (secondary N) is 1. The Labute approximate surface area is 102 Å². The van der Waals surface area contributed by atoms with E-state index in [-0.39, 0.29) is 0 Å². The van der Waals surface area contributed by atoms with Gasteiger partial charge < -0.3 is 10.1 Å². The van der Waals surface area contributed by atoms with Crippen LogP contribution in [0.2, 0.25) is 0 Å². The molecule has 0 aromatic rings. The number of hydrogen-bond acceptors (Lipinski definition) is 2.